The van der Waals surface area contributed by atoms with Gasteiger partial charge in [-0.15, -0.1) is 0 Å². The molecule has 0 fully saturated rings. The van der Waals surface area contributed by atoms with Gasteiger partial charge in [0.2, 0.25) is 0 Å². The van der Waals surface area contributed by atoms with E-state index in [0.29, 0.717) is 25.6 Å². The molecule has 1 aromatic carbocycles. The molecule has 0 aliphatic heterocycles. The monoisotopic (exact) mass is 250 g/mol. The molecule has 3 nitrogen and oxygen atoms in total. The van der Waals surface area contributed by atoms with Crippen molar-refractivity contribution in [1.82, 2.24) is 0 Å². The molecule has 0 aliphatic rings. The maximum absolute atomic E-state index is 11.4. The summed E-state index contributed by atoms with van der Waals surface area (Å²) in [5.41, 5.74) is 0.737. The molecule has 0 spiro atoms. The van der Waals surface area contributed by atoms with Gasteiger partial charge in [-0.05, 0) is 30.2 Å². The van der Waals surface area contributed by atoms with Gasteiger partial charge in [-0.3, -0.25) is 4.79 Å². The lowest BCUT2D eigenvalue weighted by molar-refractivity contribution is 0.0819. The smallest absolute Gasteiger partial charge is 0.162 e. The highest BCUT2D eigenvalue weighted by Crippen LogP contribution is 2.13. The van der Waals surface area contributed by atoms with Gasteiger partial charge >= 0.3 is 0 Å². The summed E-state index contributed by atoms with van der Waals surface area (Å²) in [5, 5.41) is 0. The van der Waals surface area contributed by atoms with Crippen LogP contribution in [0.1, 0.15) is 37.6 Å². The highest BCUT2D eigenvalue weighted by Gasteiger charge is 2.02. The normalized spacial score (nSPS) is 10.7. The fraction of sp³-hybridized carbons (Fsp3) is 0.533. The zero-order valence-electron chi connectivity index (χ0n) is 11.4. The summed E-state index contributed by atoms with van der Waals surface area (Å²) in [6.07, 6.45) is 0.531. The zero-order valence-corrected chi connectivity index (χ0v) is 11.4. The van der Waals surface area contributed by atoms with E-state index in [4.69, 9.17) is 9.47 Å². The van der Waals surface area contributed by atoms with Gasteiger partial charge < -0.3 is 9.47 Å². The Morgan fingerprint density at radius 2 is 1.83 bits per heavy atom. The van der Waals surface area contributed by atoms with Gasteiger partial charge in [0, 0.05) is 18.6 Å². The third-order valence-corrected chi connectivity index (χ3v) is 2.44. The topological polar surface area (TPSA) is 35.5 Å². The average Bonchev–Trinajstić information content (AvgIpc) is 2.38. The Labute approximate surface area is 109 Å². The largest absolute Gasteiger partial charge is 0.491 e. The van der Waals surface area contributed by atoms with Gasteiger partial charge in [0.05, 0.1) is 6.61 Å². The fourth-order valence-corrected chi connectivity index (χ4v) is 1.48. The van der Waals surface area contributed by atoms with Crippen LogP contribution in [-0.2, 0) is 4.74 Å². The van der Waals surface area contributed by atoms with Gasteiger partial charge in [0.15, 0.2) is 5.78 Å². The van der Waals surface area contributed by atoms with E-state index >= 15 is 0 Å². The van der Waals surface area contributed by atoms with Gasteiger partial charge in [-0.1, -0.05) is 20.8 Å². The summed E-state index contributed by atoms with van der Waals surface area (Å²) < 4.78 is 10.9. The van der Waals surface area contributed by atoms with Crippen molar-refractivity contribution >= 4 is 5.78 Å². The summed E-state index contributed by atoms with van der Waals surface area (Å²) in [6, 6.07) is 7.25. The Morgan fingerprint density at radius 1 is 1.17 bits per heavy atom. The van der Waals surface area contributed by atoms with E-state index in [1.54, 1.807) is 12.1 Å². The van der Waals surface area contributed by atoms with Crippen molar-refractivity contribution in [3.05, 3.63) is 29.8 Å². The summed E-state index contributed by atoms with van der Waals surface area (Å²) in [7, 11) is 0. The Balaban J connectivity index is 2.29. The summed E-state index contributed by atoms with van der Waals surface area (Å²) >= 11 is 0. The molecule has 0 saturated heterocycles. The van der Waals surface area contributed by atoms with E-state index in [1.165, 1.54) is 0 Å². The highest BCUT2D eigenvalue weighted by atomic mass is 16.5. The molecule has 0 radical (unpaired) electrons. The van der Waals surface area contributed by atoms with Crippen LogP contribution in [0.4, 0.5) is 0 Å². The number of ether oxygens (including phenoxy) is 2. The van der Waals surface area contributed by atoms with Crippen molar-refractivity contribution in [2.45, 2.75) is 27.2 Å². The van der Waals surface area contributed by atoms with Crippen molar-refractivity contribution in [3.63, 3.8) is 0 Å². The number of carbonyl (C=O) groups excluding carboxylic acids is 1. The van der Waals surface area contributed by atoms with E-state index in [9.17, 15) is 4.79 Å². The van der Waals surface area contributed by atoms with Crippen LogP contribution in [0.5, 0.6) is 5.75 Å². The van der Waals surface area contributed by atoms with Gasteiger partial charge in [0.1, 0.15) is 12.4 Å². The SMILES string of the molecule is CCC(=O)c1ccc(OCCOCC(C)C)cc1. The molecule has 0 heterocycles. The second-order valence-corrected chi connectivity index (χ2v) is 4.62. The van der Waals surface area contributed by atoms with Crippen molar-refractivity contribution in [1.29, 1.82) is 0 Å². The molecule has 1 rings (SSSR count). The number of rotatable bonds is 8. The molecule has 0 atom stereocenters. The minimum absolute atomic E-state index is 0.154. The van der Waals surface area contributed by atoms with Crippen molar-refractivity contribution in [2.24, 2.45) is 5.92 Å². The molecular weight excluding hydrogens is 228 g/mol. The molecule has 3 heteroatoms. The van der Waals surface area contributed by atoms with Crippen LogP contribution in [0.3, 0.4) is 0 Å². The Hall–Kier alpha value is -1.35. The van der Waals surface area contributed by atoms with Crippen LogP contribution in [0, 0.1) is 5.92 Å². The van der Waals surface area contributed by atoms with E-state index in [2.05, 4.69) is 13.8 Å². The lowest BCUT2D eigenvalue weighted by Gasteiger charge is -2.09. The van der Waals surface area contributed by atoms with E-state index in [0.717, 1.165) is 17.9 Å². The first-order valence-electron chi connectivity index (χ1n) is 6.47. The molecule has 0 N–H and O–H groups in total. The van der Waals surface area contributed by atoms with Crippen molar-refractivity contribution in [3.8, 4) is 5.75 Å². The fourth-order valence-electron chi connectivity index (χ4n) is 1.48. The lowest BCUT2D eigenvalue weighted by atomic mass is 10.1. The molecule has 0 bridgehead atoms. The third-order valence-electron chi connectivity index (χ3n) is 2.44. The van der Waals surface area contributed by atoms with Gasteiger partial charge in [-0.2, -0.15) is 0 Å². The quantitative estimate of drug-likeness (QED) is 0.524. The minimum Gasteiger partial charge on any atom is -0.491 e. The summed E-state index contributed by atoms with van der Waals surface area (Å²) in [4.78, 5) is 11.4. The second kappa shape index (κ2) is 7.88. The van der Waals surface area contributed by atoms with Crippen LogP contribution in [-0.4, -0.2) is 25.6 Å². The van der Waals surface area contributed by atoms with Crippen LogP contribution < -0.4 is 4.74 Å². The van der Waals surface area contributed by atoms with Crippen molar-refractivity contribution < 1.29 is 14.3 Å². The van der Waals surface area contributed by atoms with Crippen LogP contribution in [0.15, 0.2) is 24.3 Å². The summed E-state index contributed by atoms with van der Waals surface area (Å²) in [5.74, 6) is 1.47. The van der Waals surface area contributed by atoms with Crippen LogP contribution in [0.2, 0.25) is 0 Å². The maximum Gasteiger partial charge on any atom is 0.162 e. The standard InChI is InChI=1S/C15H22O3/c1-4-15(16)13-5-7-14(8-6-13)18-10-9-17-11-12(2)3/h5-8,12H,4,9-11H2,1-3H3. The number of hydrogen-bond acceptors (Lipinski definition) is 3. The molecule has 1 aromatic rings. The molecule has 18 heavy (non-hydrogen) atoms. The molecule has 0 aliphatic carbocycles. The Bertz CT molecular complexity index is 355. The first-order valence-corrected chi connectivity index (χ1v) is 6.47. The van der Waals surface area contributed by atoms with Gasteiger partial charge in [0.25, 0.3) is 0 Å². The third kappa shape index (κ3) is 5.32. The number of hydrogen-bond donors (Lipinski definition) is 0. The maximum atomic E-state index is 11.4. The lowest BCUT2D eigenvalue weighted by Crippen LogP contribution is -2.10. The predicted molar refractivity (Wildman–Crippen MR) is 72.2 cm³/mol. The first kappa shape index (κ1) is 14.7. The average molecular weight is 250 g/mol. The zero-order chi connectivity index (χ0) is 13.4. The molecular formula is C15H22O3. The Morgan fingerprint density at radius 3 is 2.39 bits per heavy atom. The number of ketones is 1. The minimum atomic E-state index is 0.154. The molecule has 0 amide bonds. The second-order valence-electron chi connectivity index (χ2n) is 4.62. The highest BCUT2D eigenvalue weighted by molar-refractivity contribution is 5.95. The van der Waals surface area contributed by atoms with Gasteiger partial charge in [-0.25, -0.2) is 0 Å². The van der Waals surface area contributed by atoms with Crippen molar-refractivity contribution in [2.75, 3.05) is 19.8 Å². The van der Waals surface area contributed by atoms with E-state index < -0.39 is 0 Å². The predicted octanol–water partition coefficient (Wildman–Crippen LogP) is 3.33. The summed E-state index contributed by atoms with van der Waals surface area (Å²) in [6.45, 7) is 7.97. The number of carbonyl (C=O) groups is 1. The molecule has 0 unspecified atom stereocenters. The number of Topliss-reactive ketones (excluding diaryl/α,β-unsaturated/α-hetero) is 1. The first-order chi connectivity index (χ1) is 8.63. The van der Waals surface area contributed by atoms with E-state index in [-0.39, 0.29) is 5.78 Å². The molecule has 0 saturated carbocycles. The molecule has 100 valence electrons. The van der Waals surface area contributed by atoms with E-state index in [1.807, 2.05) is 19.1 Å². The number of benzene rings is 1. The molecule has 0 aromatic heterocycles. The van der Waals surface area contributed by atoms with Crippen LogP contribution in [0.25, 0.3) is 0 Å². The Kier molecular flexibility index (Phi) is 6.44. The van der Waals surface area contributed by atoms with Crippen LogP contribution >= 0.6 is 0 Å².